The average molecular weight is 541 g/mol. The predicted molar refractivity (Wildman–Crippen MR) is 145 cm³/mol. The Balaban J connectivity index is 1.46. The van der Waals surface area contributed by atoms with Gasteiger partial charge in [0.25, 0.3) is 0 Å². The van der Waals surface area contributed by atoms with Crippen LogP contribution in [0.3, 0.4) is 0 Å². The molecule has 3 amide bonds. The lowest BCUT2D eigenvalue weighted by Gasteiger charge is -2.42. The molecule has 1 saturated heterocycles. The number of benzene rings is 1. The lowest BCUT2D eigenvalue weighted by Crippen LogP contribution is -2.58. The van der Waals surface area contributed by atoms with Crippen molar-refractivity contribution in [2.75, 3.05) is 44.7 Å². The van der Waals surface area contributed by atoms with Crippen LogP contribution in [-0.4, -0.2) is 82.2 Å². The number of hydrogen-bond donors (Lipinski definition) is 2. The SMILES string of the molecule is CCCNC(=O)N1CCN(c2cc(Cl)nc(-n3ccnc3)n2)C(CC(=O)NCCc2ccc(OC)cc2)C1. The van der Waals surface area contributed by atoms with Gasteiger partial charge in [0, 0.05) is 57.6 Å². The summed E-state index contributed by atoms with van der Waals surface area (Å²) >= 11 is 6.35. The number of rotatable bonds is 10. The summed E-state index contributed by atoms with van der Waals surface area (Å²) in [5, 5.41) is 6.23. The number of amides is 3. The molecule has 0 bridgehead atoms. The summed E-state index contributed by atoms with van der Waals surface area (Å²) < 4.78 is 6.87. The second kappa shape index (κ2) is 13.1. The lowest BCUT2D eigenvalue weighted by atomic mass is 10.1. The number of nitrogens with zero attached hydrogens (tertiary/aromatic N) is 6. The van der Waals surface area contributed by atoms with Crippen molar-refractivity contribution in [3.05, 3.63) is 59.8 Å². The highest BCUT2D eigenvalue weighted by Gasteiger charge is 2.32. The average Bonchev–Trinajstić information content (AvgIpc) is 3.47. The molecule has 2 aromatic heterocycles. The maximum atomic E-state index is 13.0. The van der Waals surface area contributed by atoms with E-state index in [0.717, 1.165) is 17.7 Å². The van der Waals surface area contributed by atoms with Gasteiger partial charge in [0.2, 0.25) is 11.9 Å². The summed E-state index contributed by atoms with van der Waals surface area (Å²) in [6.45, 7) is 4.48. The molecule has 1 aliphatic heterocycles. The Hall–Kier alpha value is -3.86. The van der Waals surface area contributed by atoms with E-state index in [9.17, 15) is 9.59 Å². The lowest BCUT2D eigenvalue weighted by molar-refractivity contribution is -0.121. The number of ether oxygens (including phenoxy) is 1. The van der Waals surface area contributed by atoms with Crippen LogP contribution in [0.1, 0.15) is 25.3 Å². The molecule has 4 rings (SSSR count). The van der Waals surface area contributed by atoms with E-state index in [4.69, 9.17) is 16.3 Å². The number of piperazine rings is 1. The van der Waals surface area contributed by atoms with E-state index < -0.39 is 0 Å². The zero-order chi connectivity index (χ0) is 26.9. The first-order valence-electron chi connectivity index (χ1n) is 12.7. The Morgan fingerprint density at radius 3 is 2.66 bits per heavy atom. The molecule has 1 atom stereocenters. The van der Waals surface area contributed by atoms with Gasteiger partial charge in [-0.15, -0.1) is 0 Å². The van der Waals surface area contributed by atoms with Crippen molar-refractivity contribution in [3.8, 4) is 11.7 Å². The van der Waals surface area contributed by atoms with Gasteiger partial charge in [-0.05, 0) is 30.5 Å². The van der Waals surface area contributed by atoms with Crippen molar-refractivity contribution < 1.29 is 14.3 Å². The number of urea groups is 1. The third kappa shape index (κ3) is 7.12. The largest absolute Gasteiger partial charge is 0.497 e. The standard InChI is InChI=1S/C26H33ClN8O3/c1-3-9-30-26(37)33-13-14-35(23-16-22(27)31-25(32-23)34-12-11-28-18-34)20(17-33)15-24(36)29-10-8-19-4-6-21(38-2)7-5-19/h4-7,11-12,16,18,20H,3,8-10,13-15,17H2,1-2H3,(H,29,36)(H,30,37). The van der Waals surface area contributed by atoms with E-state index in [1.165, 1.54) is 0 Å². The second-order valence-corrected chi connectivity index (χ2v) is 9.38. The number of carbonyl (C=O) groups is 2. The van der Waals surface area contributed by atoms with Crippen LogP contribution in [0.2, 0.25) is 5.15 Å². The molecule has 2 N–H and O–H groups in total. The molecule has 0 radical (unpaired) electrons. The number of aromatic nitrogens is 4. The fraction of sp³-hybridized carbons (Fsp3) is 0.423. The number of carbonyl (C=O) groups excluding carboxylic acids is 2. The number of halogens is 1. The number of methoxy groups -OCH3 is 1. The van der Waals surface area contributed by atoms with Crippen molar-refractivity contribution in [3.63, 3.8) is 0 Å². The zero-order valence-corrected chi connectivity index (χ0v) is 22.4. The molecular weight excluding hydrogens is 508 g/mol. The van der Waals surface area contributed by atoms with Gasteiger partial charge in [0.15, 0.2) is 0 Å². The van der Waals surface area contributed by atoms with E-state index in [1.807, 2.05) is 36.1 Å². The molecule has 1 fully saturated rings. The van der Waals surface area contributed by atoms with E-state index >= 15 is 0 Å². The Labute approximate surface area is 227 Å². The minimum atomic E-state index is -0.293. The van der Waals surface area contributed by atoms with Gasteiger partial charge < -0.3 is 25.2 Å². The smallest absolute Gasteiger partial charge is 0.317 e. The summed E-state index contributed by atoms with van der Waals surface area (Å²) in [5.41, 5.74) is 1.10. The van der Waals surface area contributed by atoms with Crippen LogP contribution in [0.25, 0.3) is 5.95 Å². The molecule has 38 heavy (non-hydrogen) atoms. The van der Waals surface area contributed by atoms with Crippen LogP contribution in [0.4, 0.5) is 10.6 Å². The predicted octanol–water partition coefficient (Wildman–Crippen LogP) is 2.68. The van der Waals surface area contributed by atoms with E-state index in [2.05, 4.69) is 25.6 Å². The Kier molecular flexibility index (Phi) is 9.36. The molecule has 0 spiro atoms. The molecule has 3 aromatic rings. The number of nitrogens with one attached hydrogen (secondary N) is 2. The molecule has 1 aliphatic rings. The quantitative estimate of drug-likeness (QED) is 0.380. The Morgan fingerprint density at radius 1 is 1.13 bits per heavy atom. The van der Waals surface area contributed by atoms with Crippen LogP contribution in [0.15, 0.2) is 49.1 Å². The Morgan fingerprint density at radius 2 is 1.95 bits per heavy atom. The van der Waals surface area contributed by atoms with Crippen LogP contribution in [0.5, 0.6) is 5.75 Å². The van der Waals surface area contributed by atoms with Gasteiger partial charge in [-0.3, -0.25) is 9.36 Å². The van der Waals surface area contributed by atoms with Gasteiger partial charge in [-0.25, -0.2) is 14.8 Å². The molecule has 0 saturated carbocycles. The first-order valence-corrected chi connectivity index (χ1v) is 13.1. The van der Waals surface area contributed by atoms with Crippen molar-refractivity contribution >= 4 is 29.4 Å². The summed E-state index contributed by atoms with van der Waals surface area (Å²) in [5.74, 6) is 1.68. The van der Waals surface area contributed by atoms with Crippen molar-refractivity contribution in [2.45, 2.75) is 32.2 Å². The van der Waals surface area contributed by atoms with Crippen molar-refractivity contribution in [2.24, 2.45) is 0 Å². The van der Waals surface area contributed by atoms with Gasteiger partial charge in [-0.1, -0.05) is 30.7 Å². The van der Waals surface area contributed by atoms with Gasteiger partial charge in [0.05, 0.1) is 13.2 Å². The molecule has 1 aromatic carbocycles. The molecule has 11 nitrogen and oxygen atoms in total. The van der Waals surface area contributed by atoms with E-state index in [-0.39, 0.29) is 29.6 Å². The fourth-order valence-electron chi connectivity index (χ4n) is 4.32. The highest BCUT2D eigenvalue weighted by atomic mass is 35.5. The minimum Gasteiger partial charge on any atom is -0.497 e. The van der Waals surface area contributed by atoms with Crippen LogP contribution < -0.4 is 20.3 Å². The monoisotopic (exact) mass is 540 g/mol. The topological polar surface area (TPSA) is 118 Å². The summed E-state index contributed by atoms with van der Waals surface area (Å²) in [6.07, 6.45) is 6.71. The molecule has 12 heteroatoms. The van der Waals surface area contributed by atoms with Gasteiger partial charge >= 0.3 is 6.03 Å². The second-order valence-electron chi connectivity index (χ2n) is 9.00. The molecule has 3 heterocycles. The minimum absolute atomic E-state index is 0.0979. The first kappa shape index (κ1) is 27.2. The maximum absolute atomic E-state index is 13.0. The third-order valence-corrected chi connectivity index (χ3v) is 6.50. The highest BCUT2D eigenvalue weighted by Crippen LogP contribution is 2.24. The molecule has 202 valence electrons. The van der Waals surface area contributed by atoms with E-state index in [0.29, 0.717) is 50.9 Å². The Bertz CT molecular complexity index is 1210. The van der Waals surface area contributed by atoms with Crippen LogP contribution in [0, 0.1) is 0 Å². The summed E-state index contributed by atoms with van der Waals surface area (Å²) in [7, 11) is 1.63. The highest BCUT2D eigenvalue weighted by molar-refractivity contribution is 6.29. The fourth-order valence-corrected chi connectivity index (χ4v) is 4.49. The zero-order valence-electron chi connectivity index (χ0n) is 21.6. The van der Waals surface area contributed by atoms with Crippen molar-refractivity contribution in [1.82, 2.24) is 35.1 Å². The van der Waals surface area contributed by atoms with E-state index in [1.54, 1.807) is 41.4 Å². The molecule has 1 unspecified atom stereocenters. The number of imidazole rings is 1. The number of anilines is 1. The normalized spacial score (nSPS) is 15.3. The third-order valence-electron chi connectivity index (χ3n) is 6.31. The first-order chi connectivity index (χ1) is 18.5. The van der Waals surface area contributed by atoms with Gasteiger partial charge in [0.1, 0.15) is 23.0 Å². The van der Waals surface area contributed by atoms with Gasteiger partial charge in [-0.2, -0.15) is 4.98 Å². The van der Waals surface area contributed by atoms with Crippen LogP contribution in [-0.2, 0) is 11.2 Å². The molecule has 0 aliphatic carbocycles. The summed E-state index contributed by atoms with van der Waals surface area (Å²) in [4.78, 5) is 42.5. The molecular formula is C26H33ClN8O3. The summed E-state index contributed by atoms with van der Waals surface area (Å²) in [6, 6.07) is 9.04. The van der Waals surface area contributed by atoms with Crippen LogP contribution >= 0.6 is 11.6 Å². The number of hydrogen-bond acceptors (Lipinski definition) is 7. The van der Waals surface area contributed by atoms with Crippen molar-refractivity contribution in [1.29, 1.82) is 0 Å². The maximum Gasteiger partial charge on any atom is 0.317 e.